The van der Waals surface area contributed by atoms with Gasteiger partial charge in [-0.2, -0.15) is 5.26 Å². The molecule has 0 bridgehead atoms. The van der Waals surface area contributed by atoms with Gasteiger partial charge in [-0.15, -0.1) is 0 Å². The first-order valence-electron chi connectivity index (χ1n) is 16.5. The lowest BCUT2D eigenvalue weighted by molar-refractivity contribution is -0.142. The molecular weight excluding hydrogens is 640 g/mol. The number of amides is 1. The second kappa shape index (κ2) is 16.0. The Morgan fingerprint density at radius 2 is 1.69 bits per heavy atom. The normalized spacial score (nSPS) is 14.3. The SMILES string of the molecule is CCN(CC)C(=O)c1cccc(-c2cccc(COc3cc(OCc4cncc(C#N)c4)c(CN4CCC[C@H]4C(=O)O)cc3Cl)c2C)c1C. The topological polar surface area (TPSA) is 116 Å². The van der Waals surface area contributed by atoms with Crippen molar-refractivity contribution in [2.24, 2.45) is 0 Å². The van der Waals surface area contributed by atoms with Crippen molar-refractivity contribution in [2.45, 2.75) is 66.3 Å². The van der Waals surface area contributed by atoms with Crippen molar-refractivity contribution in [1.29, 1.82) is 5.26 Å². The van der Waals surface area contributed by atoms with Crippen LogP contribution in [0.4, 0.5) is 0 Å². The van der Waals surface area contributed by atoms with Gasteiger partial charge in [0.05, 0.1) is 10.6 Å². The van der Waals surface area contributed by atoms with Crippen LogP contribution in [0.15, 0.2) is 67.0 Å². The summed E-state index contributed by atoms with van der Waals surface area (Å²) in [5, 5.41) is 19.4. The number of carboxylic acid groups (broad SMARTS) is 1. The number of carboxylic acids is 1. The number of carbonyl (C=O) groups excluding carboxylic acids is 1. The Hall–Kier alpha value is -4.91. The van der Waals surface area contributed by atoms with Crippen molar-refractivity contribution < 1.29 is 24.2 Å². The van der Waals surface area contributed by atoms with Gasteiger partial charge in [0.2, 0.25) is 0 Å². The predicted octanol–water partition coefficient (Wildman–Crippen LogP) is 7.58. The minimum atomic E-state index is -0.847. The smallest absolute Gasteiger partial charge is 0.320 e. The van der Waals surface area contributed by atoms with Gasteiger partial charge in [0.15, 0.2) is 0 Å². The number of benzene rings is 3. The molecule has 5 rings (SSSR count). The maximum Gasteiger partial charge on any atom is 0.320 e. The number of carbonyl (C=O) groups is 2. The van der Waals surface area contributed by atoms with Gasteiger partial charge in [-0.25, -0.2) is 0 Å². The van der Waals surface area contributed by atoms with E-state index in [9.17, 15) is 20.0 Å². The van der Waals surface area contributed by atoms with E-state index in [-0.39, 0.29) is 19.1 Å². The van der Waals surface area contributed by atoms with Gasteiger partial charge in [0.1, 0.15) is 36.8 Å². The first-order valence-corrected chi connectivity index (χ1v) is 16.9. The van der Waals surface area contributed by atoms with Crippen LogP contribution in [0.2, 0.25) is 5.02 Å². The summed E-state index contributed by atoms with van der Waals surface area (Å²) in [6.07, 6.45) is 4.51. The van der Waals surface area contributed by atoms with Crippen LogP contribution in [0.5, 0.6) is 11.5 Å². The molecule has 1 amide bonds. The summed E-state index contributed by atoms with van der Waals surface area (Å²) in [4.78, 5) is 33.0. The molecule has 1 aromatic heterocycles. The Morgan fingerprint density at radius 1 is 0.980 bits per heavy atom. The van der Waals surface area contributed by atoms with Crippen LogP contribution in [-0.2, 0) is 24.6 Å². The number of halogens is 1. The zero-order valence-electron chi connectivity index (χ0n) is 28.3. The number of aliphatic carboxylic acids is 1. The molecule has 0 saturated carbocycles. The molecule has 1 fully saturated rings. The number of nitriles is 1. The second-order valence-corrected chi connectivity index (χ2v) is 12.6. The zero-order chi connectivity index (χ0) is 35.1. The lowest BCUT2D eigenvalue weighted by atomic mass is 9.91. The highest BCUT2D eigenvalue weighted by Crippen LogP contribution is 2.37. The van der Waals surface area contributed by atoms with E-state index in [1.807, 2.05) is 67.8 Å². The number of aromatic nitrogens is 1. The molecule has 3 aromatic carbocycles. The lowest BCUT2D eigenvalue weighted by Crippen LogP contribution is -2.35. The molecule has 10 heteroatoms. The predicted molar refractivity (Wildman–Crippen MR) is 189 cm³/mol. The molecule has 0 aliphatic carbocycles. The third-order valence-corrected chi connectivity index (χ3v) is 9.49. The summed E-state index contributed by atoms with van der Waals surface area (Å²) in [7, 11) is 0. The second-order valence-electron chi connectivity index (χ2n) is 12.2. The highest BCUT2D eigenvalue weighted by atomic mass is 35.5. The monoisotopic (exact) mass is 680 g/mol. The number of likely N-dealkylation sites (tertiary alicyclic amines) is 1. The van der Waals surface area contributed by atoms with Crippen molar-refractivity contribution in [3.8, 4) is 28.7 Å². The van der Waals surface area contributed by atoms with Gasteiger partial charge in [-0.1, -0.05) is 41.9 Å². The van der Waals surface area contributed by atoms with Gasteiger partial charge in [-0.05, 0) is 93.1 Å². The quantitative estimate of drug-likeness (QED) is 0.154. The van der Waals surface area contributed by atoms with Crippen LogP contribution in [0.25, 0.3) is 11.1 Å². The Morgan fingerprint density at radius 3 is 2.41 bits per heavy atom. The molecule has 0 spiro atoms. The zero-order valence-corrected chi connectivity index (χ0v) is 29.1. The Kier molecular flexibility index (Phi) is 11.6. The molecule has 1 saturated heterocycles. The van der Waals surface area contributed by atoms with E-state index in [2.05, 4.69) is 17.1 Å². The molecule has 2 heterocycles. The van der Waals surface area contributed by atoms with Crippen molar-refractivity contribution in [2.75, 3.05) is 19.6 Å². The fourth-order valence-electron chi connectivity index (χ4n) is 6.37. The van der Waals surface area contributed by atoms with E-state index >= 15 is 0 Å². The highest BCUT2D eigenvalue weighted by Gasteiger charge is 2.31. The van der Waals surface area contributed by atoms with E-state index in [0.717, 1.165) is 45.4 Å². The molecular formula is C39H41ClN4O5. The number of nitrogens with zero attached hydrogens (tertiary/aromatic N) is 4. The molecule has 0 radical (unpaired) electrons. The fourth-order valence-corrected chi connectivity index (χ4v) is 6.62. The van der Waals surface area contributed by atoms with E-state index in [1.165, 1.54) is 6.20 Å². The number of rotatable bonds is 13. The largest absolute Gasteiger partial charge is 0.488 e. The van der Waals surface area contributed by atoms with E-state index in [1.54, 1.807) is 24.4 Å². The fraction of sp³-hybridized carbons (Fsp3) is 0.333. The molecule has 0 unspecified atom stereocenters. The van der Waals surface area contributed by atoms with E-state index in [0.29, 0.717) is 60.2 Å². The minimum Gasteiger partial charge on any atom is -0.488 e. The molecule has 1 aliphatic rings. The Balaban J connectivity index is 1.42. The molecule has 1 aliphatic heterocycles. The van der Waals surface area contributed by atoms with Crippen LogP contribution in [0, 0.1) is 25.2 Å². The van der Waals surface area contributed by atoms with Crippen molar-refractivity contribution >= 4 is 23.5 Å². The summed E-state index contributed by atoms with van der Waals surface area (Å²) in [6.45, 7) is 10.7. The maximum atomic E-state index is 13.2. The van der Waals surface area contributed by atoms with Gasteiger partial charge in [0.25, 0.3) is 5.91 Å². The first kappa shape index (κ1) is 35.4. The number of pyridine rings is 1. The minimum absolute atomic E-state index is 0.0230. The molecule has 4 aromatic rings. The van der Waals surface area contributed by atoms with Gasteiger partial charge >= 0.3 is 5.97 Å². The van der Waals surface area contributed by atoms with Crippen LogP contribution in [-0.4, -0.2) is 57.4 Å². The van der Waals surface area contributed by atoms with Crippen molar-refractivity contribution in [1.82, 2.24) is 14.8 Å². The standard InChI is InChI=1S/C39H41ClN4O5/c1-5-43(6-2)38(45)33-13-8-12-32(26(33)4)31-11-7-10-29(25(31)3)24-49-37-18-36(48-23-28-16-27(19-41)20-42-21-28)30(17-34(37)40)22-44-15-9-14-35(44)39(46)47/h7-8,10-13,16-18,20-21,35H,5-6,9,14-15,22-24H2,1-4H3,(H,46,47)/t35-/m0/s1. The van der Waals surface area contributed by atoms with Crippen LogP contribution in [0.1, 0.15) is 70.4 Å². The summed E-state index contributed by atoms with van der Waals surface area (Å²) < 4.78 is 12.6. The van der Waals surface area contributed by atoms with Crippen molar-refractivity contribution in [3.05, 3.63) is 111 Å². The Bertz CT molecular complexity index is 1880. The summed E-state index contributed by atoms with van der Waals surface area (Å²) in [6, 6.07) is 18.7. The van der Waals surface area contributed by atoms with Crippen molar-refractivity contribution in [3.63, 3.8) is 0 Å². The van der Waals surface area contributed by atoms with Gasteiger partial charge in [-0.3, -0.25) is 19.5 Å². The third kappa shape index (κ3) is 8.05. The average molecular weight is 681 g/mol. The Labute approximate surface area is 292 Å². The average Bonchev–Trinajstić information content (AvgIpc) is 3.57. The summed E-state index contributed by atoms with van der Waals surface area (Å²) in [5.74, 6) is 0.108. The van der Waals surface area contributed by atoms with E-state index < -0.39 is 12.0 Å². The third-order valence-electron chi connectivity index (χ3n) is 9.19. The summed E-state index contributed by atoms with van der Waals surface area (Å²) in [5.41, 5.74) is 7.51. The number of hydrogen-bond acceptors (Lipinski definition) is 7. The first-order chi connectivity index (χ1) is 23.6. The highest BCUT2D eigenvalue weighted by molar-refractivity contribution is 6.32. The number of ether oxygens (including phenoxy) is 2. The lowest BCUT2D eigenvalue weighted by Gasteiger charge is -2.23. The molecule has 1 atom stereocenters. The molecule has 9 nitrogen and oxygen atoms in total. The maximum absolute atomic E-state index is 13.2. The molecule has 254 valence electrons. The molecule has 49 heavy (non-hydrogen) atoms. The van der Waals surface area contributed by atoms with Gasteiger partial charge in [0, 0.05) is 54.8 Å². The van der Waals surface area contributed by atoms with E-state index in [4.69, 9.17) is 21.1 Å². The molecule has 1 N–H and O–H groups in total. The van der Waals surface area contributed by atoms with Crippen LogP contribution in [0.3, 0.4) is 0 Å². The van der Waals surface area contributed by atoms with Gasteiger partial charge < -0.3 is 19.5 Å². The van der Waals surface area contributed by atoms with Crippen LogP contribution < -0.4 is 9.47 Å². The summed E-state index contributed by atoms with van der Waals surface area (Å²) >= 11 is 6.80. The van der Waals surface area contributed by atoms with Crippen LogP contribution >= 0.6 is 11.6 Å². The number of hydrogen-bond donors (Lipinski definition) is 1.